The van der Waals surface area contributed by atoms with Gasteiger partial charge in [-0.15, -0.1) is 0 Å². The molecule has 3 aromatic rings. The molecule has 1 amide bonds. The Kier molecular flexibility index (Phi) is 7.11. The summed E-state index contributed by atoms with van der Waals surface area (Å²) >= 11 is 7.50. The van der Waals surface area contributed by atoms with Gasteiger partial charge in [0.05, 0.1) is 15.1 Å². The van der Waals surface area contributed by atoms with Crippen LogP contribution in [0.25, 0.3) is 10.2 Å². The van der Waals surface area contributed by atoms with E-state index >= 15 is 0 Å². The fraction of sp³-hybridized carbons (Fsp3) is 0.391. The molecular formula is C23H26ClN5O3S. The van der Waals surface area contributed by atoms with Gasteiger partial charge in [-0.25, -0.2) is 4.98 Å². The van der Waals surface area contributed by atoms with Crippen molar-refractivity contribution in [2.75, 3.05) is 50.1 Å². The first kappa shape index (κ1) is 23.4. The number of nitro benzene ring substituents is 1. The van der Waals surface area contributed by atoms with E-state index in [9.17, 15) is 14.9 Å². The van der Waals surface area contributed by atoms with E-state index in [1.54, 1.807) is 23.1 Å². The van der Waals surface area contributed by atoms with Crippen molar-refractivity contribution in [2.45, 2.75) is 19.3 Å². The van der Waals surface area contributed by atoms with E-state index in [2.05, 4.69) is 4.98 Å². The molecule has 1 fully saturated rings. The van der Waals surface area contributed by atoms with Crippen molar-refractivity contribution in [1.29, 1.82) is 0 Å². The van der Waals surface area contributed by atoms with Gasteiger partial charge in [-0.05, 0) is 63.7 Å². The van der Waals surface area contributed by atoms with Crippen LogP contribution in [-0.4, -0.2) is 61.0 Å². The minimum atomic E-state index is -0.398. The number of halogens is 1. The maximum atomic E-state index is 13.6. The van der Waals surface area contributed by atoms with Crippen molar-refractivity contribution in [1.82, 2.24) is 9.88 Å². The lowest BCUT2D eigenvalue weighted by atomic mass is 10.1. The summed E-state index contributed by atoms with van der Waals surface area (Å²) in [5.74, 6) is -0.310. The fourth-order valence-electron chi connectivity index (χ4n) is 3.95. The van der Waals surface area contributed by atoms with Crippen molar-refractivity contribution in [3.05, 3.63) is 57.1 Å². The molecule has 8 nitrogen and oxygen atoms in total. The molecule has 0 aliphatic carbocycles. The number of aromatic nitrogens is 1. The lowest BCUT2D eigenvalue weighted by molar-refractivity contribution is -0.384. The Bertz CT molecular complexity index is 1180. The number of rotatable bonds is 7. The number of amides is 1. The lowest BCUT2D eigenvalue weighted by Gasteiger charge is -2.28. The highest BCUT2D eigenvalue weighted by atomic mass is 35.5. The molecule has 0 radical (unpaired) electrons. The van der Waals surface area contributed by atoms with E-state index in [1.165, 1.54) is 17.4 Å². The number of carbonyl (C=O) groups excluding carboxylic acids is 1. The van der Waals surface area contributed by atoms with Gasteiger partial charge in [-0.2, -0.15) is 0 Å². The van der Waals surface area contributed by atoms with Gasteiger partial charge in [-0.3, -0.25) is 19.8 Å². The largest absolute Gasteiger partial charge is 0.366 e. The van der Waals surface area contributed by atoms with Crippen molar-refractivity contribution >= 4 is 55.6 Å². The van der Waals surface area contributed by atoms with Crippen LogP contribution in [-0.2, 0) is 0 Å². The summed E-state index contributed by atoms with van der Waals surface area (Å²) in [6.07, 6.45) is 3.16. The molecule has 1 aliphatic heterocycles. The maximum absolute atomic E-state index is 13.6. The number of hydrogen-bond donors (Lipinski definition) is 0. The first-order chi connectivity index (χ1) is 15.8. The molecule has 1 aliphatic rings. The van der Waals surface area contributed by atoms with E-state index < -0.39 is 4.92 Å². The van der Waals surface area contributed by atoms with Gasteiger partial charge >= 0.3 is 0 Å². The molecule has 0 bridgehead atoms. The number of thiazole rings is 1. The van der Waals surface area contributed by atoms with Crippen molar-refractivity contribution in [3.63, 3.8) is 0 Å². The van der Waals surface area contributed by atoms with Gasteiger partial charge in [0, 0.05) is 42.8 Å². The second-order valence-electron chi connectivity index (χ2n) is 8.38. The molecule has 0 atom stereocenters. The molecule has 10 heteroatoms. The molecule has 33 heavy (non-hydrogen) atoms. The van der Waals surface area contributed by atoms with E-state index in [1.807, 2.05) is 36.0 Å². The van der Waals surface area contributed by atoms with Crippen LogP contribution in [0.15, 0.2) is 36.4 Å². The minimum absolute atomic E-state index is 0.0357. The molecule has 0 saturated carbocycles. The zero-order chi connectivity index (χ0) is 23.5. The highest BCUT2D eigenvalue weighted by molar-refractivity contribution is 7.22. The molecular weight excluding hydrogens is 462 g/mol. The molecule has 1 saturated heterocycles. The van der Waals surface area contributed by atoms with Crippen LogP contribution in [0.2, 0.25) is 5.02 Å². The molecule has 0 N–H and O–H groups in total. The third kappa shape index (κ3) is 5.26. The zero-order valence-electron chi connectivity index (χ0n) is 18.7. The number of carbonyl (C=O) groups is 1. The number of hydrogen-bond acceptors (Lipinski definition) is 7. The van der Waals surface area contributed by atoms with Gasteiger partial charge in [0.2, 0.25) is 0 Å². The van der Waals surface area contributed by atoms with Crippen molar-refractivity contribution < 1.29 is 9.72 Å². The summed E-state index contributed by atoms with van der Waals surface area (Å²) in [6, 6.07) is 10.2. The van der Waals surface area contributed by atoms with Crippen LogP contribution >= 0.6 is 22.9 Å². The van der Waals surface area contributed by atoms with E-state index in [0.717, 1.165) is 42.6 Å². The Morgan fingerprint density at radius 1 is 1.15 bits per heavy atom. The molecule has 0 spiro atoms. The summed E-state index contributed by atoms with van der Waals surface area (Å²) in [5, 5.41) is 13.0. The third-order valence-corrected chi connectivity index (χ3v) is 6.98. The SMILES string of the molecule is CN(C)CCN(C(=O)c1ccc(N2CCCCC2)c([N+](=O)[O-])c1)c1nc2ccc(Cl)cc2s1. The predicted octanol–water partition coefficient (Wildman–Crippen LogP) is 5.06. The number of nitrogens with zero attached hydrogens (tertiary/aromatic N) is 5. The predicted molar refractivity (Wildman–Crippen MR) is 134 cm³/mol. The Hall–Kier alpha value is -2.75. The molecule has 2 heterocycles. The molecule has 2 aromatic carbocycles. The number of likely N-dealkylation sites (N-methyl/N-ethyl adjacent to an activating group) is 1. The lowest BCUT2D eigenvalue weighted by Crippen LogP contribution is -2.37. The van der Waals surface area contributed by atoms with E-state index in [0.29, 0.717) is 28.9 Å². The standard InChI is InChI=1S/C23H26ClN5O3S/c1-26(2)12-13-28(23-25-18-8-7-17(24)15-21(18)33-23)22(30)16-6-9-19(20(14-16)29(31)32)27-10-4-3-5-11-27/h6-9,14-15H,3-5,10-13H2,1-2H3. The summed E-state index contributed by atoms with van der Waals surface area (Å²) in [7, 11) is 3.86. The molecule has 0 unspecified atom stereocenters. The van der Waals surface area contributed by atoms with Crippen LogP contribution < -0.4 is 9.80 Å². The van der Waals surface area contributed by atoms with Gasteiger partial charge < -0.3 is 9.80 Å². The topological polar surface area (TPSA) is 82.8 Å². The van der Waals surface area contributed by atoms with Gasteiger partial charge in [0.1, 0.15) is 5.69 Å². The molecule has 1 aromatic heterocycles. The van der Waals surface area contributed by atoms with Crippen LogP contribution in [0, 0.1) is 10.1 Å². The Balaban J connectivity index is 1.70. The van der Waals surface area contributed by atoms with E-state index in [4.69, 9.17) is 11.6 Å². The highest BCUT2D eigenvalue weighted by Crippen LogP contribution is 2.34. The summed E-state index contributed by atoms with van der Waals surface area (Å²) in [5.41, 5.74) is 1.57. The minimum Gasteiger partial charge on any atom is -0.366 e. The number of nitro groups is 1. The summed E-state index contributed by atoms with van der Waals surface area (Å²) < 4.78 is 0.881. The number of anilines is 2. The van der Waals surface area contributed by atoms with Gasteiger partial charge in [-0.1, -0.05) is 22.9 Å². The van der Waals surface area contributed by atoms with Crippen LogP contribution in [0.3, 0.4) is 0 Å². The monoisotopic (exact) mass is 487 g/mol. The third-order valence-electron chi connectivity index (χ3n) is 5.70. The maximum Gasteiger partial charge on any atom is 0.293 e. The second-order valence-corrected chi connectivity index (χ2v) is 9.82. The van der Waals surface area contributed by atoms with Gasteiger partial charge in [0.15, 0.2) is 5.13 Å². The van der Waals surface area contributed by atoms with E-state index in [-0.39, 0.29) is 17.2 Å². The Labute approximate surface area is 201 Å². The smallest absolute Gasteiger partial charge is 0.293 e. The normalized spacial score (nSPS) is 14.1. The van der Waals surface area contributed by atoms with Gasteiger partial charge in [0.25, 0.3) is 11.6 Å². The Morgan fingerprint density at radius 3 is 2.61 bits per heavy atom. The first-order valence-corrected chi connectivity index (χ1v) is 12.1. The Morgan fingerprint density at radius 2 is 1.91 bits per heavy atom. The number of piperidine rings is 1. The van der Waals surface area contributed by atoms with Crippen molar-refractivity contribution in [3.8, 4) is 0 Å². The first-order valence-electron chi connectivity index (χ1n) is 10.9. The molecule has 4 rings (SSSR count). The average molecular weight is 488 g/mol. The van der Waals surface area contributed by atoms with Crippen LogP contribution in [0.4, 0.5) is 16.5 Å². The van der Waals surface area contributed by atoms with Crippen LogP contribution in [0.1, 0.15) is 29.6 Å². The average Bonchev–Trinajstić information content (AvgIpc) is 3.21. The van der Waals surface area contributed by atoms with Crippen molar-refractivity contribution in [2.24, 2.45) is 0 Å². The van der Waals surface area contributed by atoms with Crippen LogP contribution in [0.5, 0.6) is 0 Å². The fourth-order valence-corrected chi connectivity index (χ4v) is 5.21. The summed E-state index contributed by atoms with van der Waals surface area (Å²) in [4.78, 5) is 35.3. The second kappa shape index (κ2) is 10.0. The number of benzene rings is 2. The quantitative estimate of drug-likeness (QED) is 0.342. The molecule has 174 valence electrons. The number of fused-ring (bicyclic) bond motifs is 1. The summed E-state index contributed by atoms with van der Waals surface area (Å²) in [6.45, 7) is 2.60. The highest BCUT2D eigenvalue weighted by Gasteiger charge is 2.27. The zero-order valence-corrected chi connectivity index (χ0v) is 20.2.